The van der Waals surface area contributed by atoms with Gasteiger partial charge in [-0.05, 0) is 6.92 Å². The highest BCUT2D eigenvalue weighted by Crippen LogP contribution is 1.97. The van der Waals surface area contributed by atoms with E-state index in [-0.39, 0.29) is 19.3 Å². The topological polar surface area (TPSA) is 43.7 Å². The Kier molecular flexibility index (Phi) is 6.12. The summed E-state index contributed by atoms with van der Waals surface area (Å²) in [6.45, 7) is 7.05. The molecule has 1 unspecified atom stereocenters. The highest BCUT2D eigenvalue weighted by Gasteiger charge is 2.07. The second kappa shape index (κ2) is 6.34. The van der Waals surface area contributed by atoms with Gasteiger partial charge in [-0.25, -0.2) is 0 Å². The first kappa shape index (κ1) is 10.6. The van der Waals surface area contributed by atoms with Crippen LogP contribution in [0.4, 0.5) is 0 Å². The molecule has 0 saturated heterocycles. The zero-order chi connectivity index (χ0) is 8.69. The Morgan fingerprint density at radius 3 is 2.09 bits per heavy atom. The van der Waals surface area contributed by atoms with Crippen LogP contribution in [0.2, 0.25) is 0 Å². The predicted octanol–water partition coefficient (Wildman–Crippen LogP) is -0.152. The molecule has 66 valence electrons. The van der Waals surface area contributed by atoms with E-state index in [1.54, 1.807) is 6.08 Å². The quantitative estimate of drug-likeness (QED) is 0.530. The van der Waals surface area contributed by atoms with E-state index in [9.17, 15) is 0 Å². The van der Waals surface area contributed by atoms with Gasteiger partial charge >= 0.3 is 0 Å². The number of aliphatic hydroxyl groups is 2. The van der Waals surface area contributed by atoms with Crippen LogP contribution in [0.25, 0.3) is 0 Å². The molecule has 3 heteroatoms. The van der Waals surface area contributed by atoms with Crippen LogP contribution in [-0.4, -0.2) is 47.5 Å². The minimum absolute atomic E-state index is 0.123. The van der Waals surface area contributed by atoms with Gasteiger partial charge in [0.25, 0.3) is 0 Å². The lowest BCUT2D eigenvalue weighted by Gasteiger charge is -2.24. The van der Waals surface area contributed by atoms with Crippen molar-refractivity contribution in [1.82, 2.24) is 4.90 Å². The molecule has 2 N–H and O–H groups in total. The smallest absolute Gasteiger partial charge is 0.0558 e. The maximum absolute atomic E-state index is 8.65. The third-order valence-electron chi connectivity index (χ3n) is 1.69. The minimum atomic E-state index is 0.123. The number of hydrogen-bond acceptors (Lipinski definition) is 3. The van der Waals surface area contributed by atoms with Crippen LogP contribution >= 0.6 is 0 Å². The molecule has 0 aliphatic rings. The molecule has 0 aliphatic heterocycles. The fourth-order valence-corrected chi connectivity index (χ4v) is 0.925. The van der Waals surface area contributed by atoms with Gasteiger partial charge in [0.15, 0.2) is 0 Å². The molecular weight excluding hydrogens is 142 g/mol. The normalized spacial score (nSPS) is 13.5. The number of rotatable bonds is 6. The summed E-state index contributed by atoms with van der Waals surface area (Å²) in [6, 6.07) is 0.217. The summed E-state index contributed by atoms with van der Waals surface area (Å²) < 4.78 is 0. The number of nitrogens with zero attached hydrogens (tertiary/aromatic N) is 1. The lowest BCUT2D eigenvalue weighted by Crippen LogP contribution is -2.36. The molecule has 0 saturated carbocycles. The van der Waals surface area contributed by atoms with E-state index in [0.717, 1.165) is 0 Å². The van der Waals surface area contributed by atoms with Gasteiger partial charge in [0.2, 0.25) is 0 Å². The van der Waals surface area contributed by atoms with Crippen molar-refractivity contribution in [3.8, 4) is 0 Å². The summed E-state index contributed by atoms with van der Waals surface area (Å²) in [5.74, 6) is 0. The standard InChI is InChI=1S/C8H17NO2/c1-3-8(2)9(4-6-10)5-7-11/h3,8,10-11H,1,4-7H2,2H3. The zero-order valence-corrected chi connectivity index (χ0v) is 7.03. The largest absolute Gasteiger partial charge is 0.395 e. The summed E-state index contributed by atoms with van der Waals surface area (Å²) in [4.78, 5) is 1.97. The Hall–Kier alpha value is -0.380. The van der Waals surface area contributed by atoms with Gasteiger partial charge in [-0.2, -0.15) is 0 Å². The molecule has 0 aliphatic carbocycles. The van der Waals surface area contributed by atoms with Crippen molar-refractivity contribution in [2.45, 2.75) is 13.0 Å². The Bertz CT molecular complexity index is 100. The van der Waals surface area contributed by atoms with Crippen LogP contribution in [0.15, 0.2) is 12.7 Å². The fraction of sp³-hybridized carbons (Fsp3) is 0.750. The molecule has 0 radical (unpaired) electrons. The molecule has 0 aromatic rings. The Morgan fingerprint density at radius 1 is 1.36 bits per heavy atom. The molecule has 0 rings (SSSR count). The van der Waals surface area contributed by atoms with E-state index in [4.69, 9.17) is 10.2 Å². The van der Waals surface area contributed by atoms with Crippen molar-refractivity contribution in [3.05, 3.63) is 12.7 Å². The second-order valence-corrected chi connectivity index (χ2v) is 2.46. The maximum Gasteiger partial charge on any atom is 0.0558 e. The van der Waals surface area contributed by atoms with Gasteiger partial charge in [-0.1, -0.05) is 6.08 Å². The van der Waals surface area contributed by atoms with Crippen LogP contribution in [0.5, 0.6) is 0 Å². The fourth-order valence-electron chi connectivity index (χ4n) is 0.925. The molecular formula is C8H17NO2. The average molecular weight is 159 g/mol. The van der Waals surface area contributed by atoms with Crippen LogP contribution in [0, 0.1) is 0 Å². The molecule has 0 fully saturated rings. The summed E-state index contributed by atoms with van der Waals surface area (Å²) in [6.07, 6.45) is 1.80. The van der Waals surface area contributed by atoms with Gasteiger partial charge in [-0.15, -0.1) is 6.58 Å². The van der Waals surface area contributed by atoms with E-state index in [1.165, 1.54) is 0 Å². The van der Waals surface area contributed by atoms with Gasteiger partial charge in [-0.3, -0.25) is 4.90 Å². The van der Waals surface area contributed by atoms with Gasteiger partial charge < -0.3 is 10.2 Å². The van der Waals surface area contributed by atoms with E-state index in [1.807, 2.05) is 11.8 Å². The van der Waals surface area contributed by atoms with Gasteiger partial charge in [0.1, 0.15) is 0 Å². The van der Waals surface area contributed by atoms with E-state index >= 15 is 0 Å². The first-order valence-electron chi connectivity index (χ1n) is 3.84. The summed E-state index contributed by atoms with van der Waals surface area (Å²) in [5.41, 5.74) is 0. The zero-order valence-electron chi connectivity index (χ0n) is 7.03. The lowest BCUT2D eigenvalue weighted by molar-refractivity contribution is 0.145. The van der Waals surface area contributed by atoms with Crippen molar-refractivity contribution < 1.29 is 10.2 Å². The third-order valence-corrected chi connectivity index (χ3v) is 1.69. The molecule has 0 aromatic heterocycles. The van der Waals surface area contributed by atoms with E-state index in [2.05, 4.69) is 6.58 Å². The van der Waals surface area contributed by atoms with Crippen LogP contribution in [0.3, 0.4) is 0 Å². The van der Waals surface area contributed by atoms with Crippen molar-refractivity contribution in [3.63, 3.8) is 0 Å². The lowest BCUT2D eigenvalue weighted by atomic mass is 10.3. The van der Waals surface area contributed by atoms with Crippen LogP contribution in [0.1, 0.15) is 6.92 Å². The number of hydrogen-bond donors (Lipinski definition) is 2. The minimum Gasteiger partial charge on any atom is -0.395 e. The van der Waals surface area contributed by atoms with Gasteiger partial charge in [0, 0.05) is 19.1 Å². The van der Waals surface area contributed by atoms with Crippen molar-refractivity contribution in [2.75, 3.05) is 26.3 Å². The van der Waals surface area contributed by atoms with Crippen molar-refractivity contribution in [2.24, 2.45) is 0 Å². The molecule has 0 bridgehead atoms. The Balaban J connectivity index is 3.75. The summed E-state index contributed by atoms with van der Waals surface area (Å²) in [7, 11) is 0. The SMILES string of the molecule is C=CC(C)N(CCO)CCO. The average Bonchev–Trinajstić information content (AvgIpc) is 2.03. The Labute approximate surface area is 68.0 Å². The molecule has 11 heavy (non-hydrogen) atoms. The van der Waals surface area contributed by atoms with Crippen molar-refractivity contribution in [1.29, 1.82) is 0 Å². The number of aliphatic hydroxyl groups excluding tert-OH is 2. The Morgan fingerprint density at radius 2 is 1.82 bits per heavy atom. The van der Waals surface area contributed by atoms with Crippen LogP contribution in [-0.2, 0) is 0 Å². The molecule has 3 nitrogen and oxygen atoms in total. The molecule has 0 spiro atoms. The molecule has 0 heterocycles. The predicted molar refractivity (Wildman–Crippen MR) is 45.4 cm³/mol. The van der Waals surface area contributed by atoms with Crippen LogP contribution < -0.4 is 0 Å². The monoisotopic (exact) mass is 159 g/mol. The molecule has 0 aromatic carbocycles. The first-order valence-corrected chi connectivity index (χ1v) is 3.84. The molecule has 0 amide bonds. The van der Waals surface area contributed by atoms with E-state index in [0.29, 0.717) is 13.1 Å². The molecule has 1 atom stereocenters. The highest BCUT2D eigenvalue weighted by atomic mass is 16.3. The van der Waals surface area contributed by atoms with E-state index < -0.39 is 0 Å². The van der Waals surface area contributed by atoms with Gasteiger partial charge in [0.05, 0.1) is 13.2 Å². The van der Waals surface area contributed by atoms with Crippen molar-refractivity contribution >= 4 is 0 Å². The summed E-state index contributed by atoms with van der Waals surface area (Å²) >= 11 is 0. The first-order chi connectivity index (χ1) is 5.26. The highest BCUT2D eigenvalue weighted by molar-refractivity contribution is 4.83. The summed E-state index contributed by atoms with van der Waals surface area (Å²) in [5, 5.41) is 17.3. The maximum atomic E-state index is 8.65. The second-order valence-electron chi connectivity index (χ2n) is 2.46. The third kappa shape index (κ3) is 4.14.